The van der Waals surface area contributed by atoms with E-state index in [4.69, 9.17) is 0 Å². The summed E-state index contributed by atoms with van der Waals surface area (Å²) in [6.07, 6.45) is 3.32. The van der Waals surface area contributed by atoms with E-state index in [1.165, 1.54) is 6.42 Å². The van der Waals surface area contributed by atoms with Gasteiger partial charge < -0.3 is 10.2 Å². The Morgan fingerprint density at radius 2 is 1.92 bits per heavy atom. The molecule has 0 bridgehead atoms. The van der Waals surface area contributed by atoms with Crippen LogP contribution in [0.4, 0.5) is 11.5 Å². The molecule has 1 aromatic heterocycles. The van der Waals surface area contributed by atoms with Crippen molar-refractivity contribution in [2.45, 2.75) is 32.2 Å². The van der Waals surface area contributed by atoms with Crippen molar-refractivity contribution in [2.75, 3.05) is 25.0 Å². The van der Waals surface area contributed by atoms with Gasteiger partial charge in [-0.2, -0.15) is 0 Å². The SMILES string of the molecule is CCCN1CCC(Nc2ccc([N+](=O)[O-])c(-c3ccccc3)n2)CC1. The Balaban J connectivity index is 1.76. The van der Waals surface area contributed by atoms with Crippen LogP contribution in [-0.4, -0.2) is 40.5 Å². The lowest BCUT2D eigenvalue weighted by atomic mass is 10.0. The average molecular weight is 340 g/mol. The summed E-state index contributed by atoms with van der Waals surface area (Å²) in [5.41, 5.74) is 1.21. The molecule has 3 rings (SSSR count). The lowest BCUT2D eigenvalue weighted by Crippen LogP contribution is -2.39. The quantitative estimate of drug-likeness (QED) is 0.637. The number of anilines is 1. The Bertz CT molecular complexity index is 713. The highest BCUT2D eigenvalue weighted by molar-refractivity contribution is 5.71. The molecule has 6 heteroatoms. The molecule has 132 valence electrons. The van der Waals surface area contributed by atoms with Crippen molar-refractivity contribution >= 4 is 11.5 Å². The summed E-state index contributed by atoms with van der Waals surface area (Å²) in [7, 11) is 0. The van der Waals surface area contributed by atoms with Crippen molar-refractivity contribution in [3.8, 4) is 11.3 Å². The fourth-order valence-corrected chi connectivity index (χ4v) is 3.31. The maximum absolute atomic E-state index is 11.3. The van der Waals surface area contributed by atoms with Crippen LogP contribution in [0.25, 0.3) is 11.3 Å². The second-order valence-electron chi connectivity index (χ2n) is 6.45. The van der Waals surface area contributed by atoms with E-state index >= 15 is 0 Å². The predicted molar refractivity (Wildman–Crippen MR) is 99.7 cm³/mol. The molecule has 0 unspecified atom stereocenters. The molecular weight excluding hydrogens is 316 g/mol. The highest BCUT2D eigenvalue weighted by Gasteiger charge is 2.21. The van der Waals surface area contributed by atoms with Gasteiger partial charge in [0.2, 0.25) is 0 Å². The molecule has 2 aromatic rings. The van der Waals surface area contributed by atoms with Gasteiger partial charge in [-0.3, -0.25) is 10.1 Å². The molecule has 25 heavy (non-hydrogen) atoms. The number of pyridine rings is 1. The molecule has 0 amide bonds. The molecule has 1 aliphatic rings. The Morgan fingerprint density at radius 1 is 1.20 bits per heavy atom. The molecule has 0 radical (unpaired) electrons. The molecule has 2 heterocycles. The molecule has 6 nitrogen and oxygen atoms in total. The van der Waals surface area contributed by atoms with E-state index in [1.807, 2.05) is 30.3 Å². The third kappa shape index (κ3) is 4.33. The van der Waals surface area contributed by atoms with E-state index in [9.17, 15) is 10.1 Å². The monoisotopic (exact) mass is 340 g/mol. The number of benzene rings is 1. The van der Waals surface area contributed by atoms with Crippen molar-refractivity contribution in [3.63, 3.8) is 0 Å². The van der Waals surface area contributed by atoms with Gasteiger partial charge in [0.15, 0.2) is 5.69 Å². The summed E-state index contributed by atoms with van der Waals surface area (Å²) in [6, 6.07) is 12.9. The number of hydrogen-bond acceptors (Lipinski definition) is 5. The van der Waals surface area contributed by atoms with Crippen molar-refractivity contribution in [2.24, 2.45) is 0 Å². The van der Waals surface area contributed by atoms with Crippen LogP contribution in [0.3, 0.4) is 0 Å². The normalized spacial score (nSPS) is 15.9. The van der Waals surface area contributed by atoms with E-state index < -0.39 is 0 Å². The van der Waals surface area contributed by atoms with E-state index in [0.29, 0.717) is 17.6 Å². The minimum atomic E-state index is -0.373. The van der Waals surface area contributed by atoms with E-state index in [-0.39, 0.29) is 10.6 Å². The number of hydrogen-bond donors (Lipinski definition) is 1. The van der Waals surface area contributed by atoms with Gasteiger partial charge >= 0.3 is 0 Å². The Hall–Kier alpha value is -2.47. The smallest absolute Gasteiger partial charge is 0.295 e. The van der Waals surface area contributed by atoms with Gasteiger partial charge in [-0.25, -0.2) is 4.98 Å². The molecule has 1 fully saturated rings. The van der Waals surface area contributed by atoms with Gasteiger partial charge in [0.1, 0.15) is 5.82 Å². The summed E-state index contributed by atoms with van der Waals surface area (Å²) in [4.78, 5) is 18.0. The Morgan fingerprint density at radius 3 is 2.56 bits per heavy atom. The zero-order valence-electron chi connectivity index (χ0n) is 14.5. The molecule has 1 saturated heterocycles. The van der Waals surface area contributed by atoms with Crippen LogP contribution in [0, 0.1) is 10.1 Å². The number of piperidine rings is 1. The van der Waals surface area contributed by atoms with Gasteiger partial charge in [-0.1, -0.05) is 37.3 Å². The van der Waals surface area contributed by atoms with Gasteiger partial charge in [-0.15, -0.1) is 0 Å². The number of rotatable bonds is 6. The number of likely N-dealkylation sites (tertiary alicyclic amines) is 1. The molecular formula is C19H24N4O2. The highest BCUT2D eigenvalue weighted by atomic mass is 16.6. The lowest BCUT2D eigenvalue weighted by Gasteiger charge is -2.32. The van der Waals surface area contributed by atoms with Crippen LogP contribution < -0.4 is 5.32 Å². The van der Waals surface area contributed by atoms with Gasteiger partial charge in [0.05, 0.1) is 4.92 Å². The fourth-order valence-electron chi connectivity index (χ4n) is 3.31. The first-order valence-electron chi connectivity index (χ1n) is 8.87. The summed E-state index contributed by atoms with van der Waals surface area (Å²) >= 11 is 0. The first-order chi connectivity index (χ1) is 12.2. The van der Waals surface area contributed by atoms with Crippen LogP contribution in [-0.2, 0) is 0 Å². The third-order valence-electron chi connectivity index (χ3n) is 4.60. The summed E-state index contributed by atoms with van der Waals surface area (Å²) < 4.78 is 0. The van der Waals surface area contributed by atoms with E-state index in [1.54, 1.807) is 12.1 Å². The van der Waals surface area contributed by atoms with E-state index in [2.05, 4.69) is 22.1 Å². The first kappa shape index (κ1) is 17.4. The molecule has 0 aliphatic carbocycles. The Kier molecular flexibility index (Phi) is 5.60. The molecule has 1 aliphatic heterocycles. The summed E-state index contributed by atoms with van der Waals surface area (Å²) in [6.45, 7) is 5.53. The van der Waals surface area contributed by atoms with Crippen molar-refractivity contribution < 1.29 is 4.92 Å². The lowest BCUT2D eigenvalue weighted by molar-refractivity contribution is -0.384. The van der Waals surface area contributed by atoms with E-state index in [0.717, 1.165) is 38.0 Å². The standard InChI is InChI=1S/C19H24N4O2/c1-2-12-22-13-10-16(11-14-22)20-18-9-8-17(23(24)25)19(21-18)15-6-4-3-5-7-15/h3-9,16H,2,10-14H2,1H3,(H,20,21). The average Bonchev–Trinajstić information content (AvgIpc) is 2.64. The minimum absolute atomic E-state index is 0.0366. The topological polar surface area (TPSA) is 71.3 Å². The zero-order valence-corrected chi connectivity index (χ0v) is 14.5. The molecule has 1 aromatic carbocycles. The number of aromatic nitrogens is 1. The van der Waals surface area contributed by atoms with Crippen LogP contribution in [0.1, 0.15) is 26.2 Å². The second-order valence-corrected chi connectivity index (χ2v) is 6.45. The first-order valence-corrected chi connectivity index (χ1v) is 8.87. The zero-order chi connectivity index (χ0) is 17.6. The largest absolute Gasteiger partial charge is 0.367 e. The van der Waals surface area contributed by atoms with Crippen LogP contribution >= 0.6 is 0 Å². The third-order valence-corrected chi connectivity index (χ3v) is 4.60. The predicted octanol–water partition coefficient (Wildman–Crippen LogP) is 3.94. The van der Waals surface area contributed by atoms with Crippen molar-refractivity contribution in [3.05, 3.63) is 52.6 Å². The highest BCUT2D eigenvalue weighted by Crippen LogP contribution is 2.29. The van der Waals surface area contributed by atoms with Gasteiger partial charge in [-0.05, 0) is 31.9 Å². The van der Waals surface area contributed by atoms with Crippen LogP contribution in [0.5, 0.6) is 0 Å². The number of nitrogens with zero attached hydrogens (tertiary/aromatic N) is 3. The maximum atomic E-state index is 11.3. The Labute approximate surface area is 148 Å². The van der Waals surface area contributed by atoms with Gasteiger partial charge in [0.25, 0.3) is 5.69 Å². The molecule has 1 N–H and O–H groups in total. The molecule has 0 spiro atoms. The van der Waals surface area contributed by atoms with Gasteiger partial charge in [0, 0.05) is 30.8 Å². The summed E-state index contributed by atoms with van der Waals surface area (Å²) in [5.74, 6) is 0.707. The molecule has 0 saturated carbocycles. The minimum Gasteiger partial charge on any atom is -0.367 e. The van der Waals surface area contributed by atoms with Crippen molar-refractivity contribution in [1.29, 1.82) is 0 Å². The van der Waals surface area contributed by atoms with Crippen LogP contribution in [0.15, 0.2) is 42.5 Å². The molecule has 0 atom stereocenters. The summed E-state index contributed by atoms with van der Waals surface area (Å²) in [5, 5.41) is 14.8. The van der Waals surface area contributed by atoms with Crippen molar-refractivity contribution in [1.82, 2.24) is 9.88 Å². The maximum Gasteiger partial charge on any atom is 0.295 e. The van der Waals surface area contributed by atoms with Crippen LogP contribution in [0.2, 0.25) is 0 Å². The number of nitro groups is 1. The second kappa shape index (κ2) is 8.07. The fraction of sp³-hybridized carbons (Fsp3) is 0.421. The number of nitrogens with one attached hydrogen (secondary N) is 1.